The molecule has 1 aliphatic rings. The molecule has 0 radical (unpaired) electrons. The molecular formula is C19H21FO. The molecule has 3 rings (SSSR count). The third-order valence-electron chi connectivity index (χ3n) is 4.73. The first-order chi connectivity index (χ1) is 10.1. The molecule has 2 atom stereocenters. The van der Waals surface area contributed by atoms with Crippen molar-refractivity contribution >= 4 is 0 Å². The average molecular weight is 284 g/mol. The molecule has 110 valence electrons. The van der Waals surface area contributed by atoms with E-state index in [4.69, 9.17) is 0 Å². The van der Waals surface area contributed by atoms with Gasteiger partial charge in [0.2, 0.25) is 0 Å². The van der Waals surface area contributed by atoms with Crippen LogP contribution in [0.2, 0.25) is 0 Å². The lowest BCUT2D eigenvalue weighted by Gasteiger charge is -2.41. The highest BCUT2D eigenvalue weighted by atomic mass is 19.1. The van der Waals surface area contributed by atoms with Crippen LogP contribution in [0.5, 0.6) is 0 Å². The summed E-state index contributed by atoms with van der Waals surface area (Å²) in [6.07, 6.45) is 3.84. The molecule has 2 aromatic carbocycles. The second-order valence-electron chi connectivity index (χ2n) is 6.09. The van der Waals surface area contributed by atoms with Gasteiger partial charge in [-0.1, -0.05) is 49.2 Å². The van der Waals surface area contributed by atoms with Crippen LogP contribution in [0.15, 0.2) is 48.5 Å². The summed E-state index contributed by atoms with van der Waals surface area (Å²) in [6, 6.07) is 14.9. The lowest BCUT2D eigenvalue weighted by molar-refractivity contribution is -0.0230. The van der Waals surface area contributed by atoms with Crippen LogP contribution in [0, 0.1) is 12.7 Å². The highest BCUT2D eigenvalue weighted by Crippen LogP contribution is 2.48. The predicted octanol–water partition coefficient (Wildman–Crippen LogP) is 4.68. The average Bonchev–Trinajstić information content (AvgIpc) is 2.48. The first kappa shape index (κ1) is 14.3. The normalized spacial score (nSPS) is 25.8. The lowest BCUT2D eigenvalue weighted by atomic mass is 9.68. The summed E-state index contributed by atoms with van der Waals surface area (Å²) in [5, 5.41) is 11.4. The van der Waals surface area contributed by atoms with Crippen molar-refractivity contribution in [2.75, 3.05) is 0 Å². The van der Waals surface area contributed by atoms with Crippen molar-refractivity contribution in [2.45, 2.75) is 44.1 Å². The van der Waals surface area contributed by atoms with E-state index in [0.717, 1.165) is 36.8 Å². The summed E-state index contributed by atoms with van der Waals surface area (Å²) >= 11 is 0. The molecule has 2 heteroatoms. The molecular weight excluding hydrogens is 263 g/mol. The molecule has 1 saturated carbocycles. The number of rotatable bonds is 2. The van der Waals surface area contributed by atoms with Crippen molar-refractivity contribution in [1.82, 2.24) is 0 Å². The summed E-state index contributed by atoms with van der Waals surface area (Å²) in [4.78, 5) is 0. The van der Waals surface area contributed by atoms with Gasteiger partial charge in [0.05, 0.1) is 5.60 Å². The summed E-state index contributed by atoms with van der Waals surface area (Å²) in [6.45, 7) is 1.88. The fourth-order valence-electron chi connectivity index (χ4n) is 3.72. The van der Waals surface area contributed by atoms with Crippen molar-refractivity contribution < 1.29 is 9.50 Å². The Balaban J connectivity index is 2.07. The Kier molecular flexibility index (Phi) is 3.81. The van der Waals surface area contributed by atoms with Crippen molar-refractivity contribution in [3.63, 3.8) is 0 Å². The van der Waals surface area contributed by atoms with Gasteiger partial charge in [0.25, 0.3) is 0 Å². The second kappa shape index (κ2) is 5.61. The molecule has 0 spiro atoms. The molecule has 2 unspecified atom stereocenters. The fourth-order valence-corrected chi connectivity index (χ4v) is 3.72. The molecule has 0 bridgehead atoms. The molecule has 21 heavy (non-hydrogen) atoms. The van der Waals surface area contributed by atoms with Crippen LogP contribution in [0.1, 0.15) is 48.3 Å². The zero-order valence-electron chi connectivity index (χ0n) is 12.3. The van der Waals surface area contributed by atoms with Crippen LogP contribution in [-0.4, -0.2) is 5.11 Å². The van der Waals surface area contributed by atoms with Crippen molar-refractivity contribution in [2.24, 2.45) is 0 Å². The van der Waals surface area contributed by atoms with Crippen molar-refractivity contribution in [1.29, 1.82) is 0 Å². The van der Waals surface area contributed by atoms with Crippen LogP contribution < -0.4 is 0 Å². The van der Waals surface area contributed by atoms with Gasteiger partial charge in [0.15, 0.2) is 0 Å². The maximum Gasteiger partial charge on any atom is 0.123 e. The Morgan fingerprint density at radius 2 is 1.86 bits per heavy atom. The molecule has 2 aromatic rings. The third-order valence-corrected chi connectivity index (χ3v) is 4.73. The van der Waals surface area contributed by atoms with E-state index in [1.54, 1.807) is 6.07 Å². The smallest absolute Gasteiger partial charge is 0.123 e. The Morgan fingerprint density at radius 3 is 2.57 bits per heavy atom. The van der Waals surface area contributed by atoms with E-state index < -0.39 is 5.60 Å². The van der Waals surface area contributed by atoms with Crippen LogP contribution in [0.3, 0.4) is 0 Å². The topological polar surface area (TPSA) is 20.2 Å². The minimum Gasteiger partial charge on any atom is -0.385 e. The molecule has 1 aliphatic carbocycles. The highest BCUT2D eigenvalue weighted by molar-refractivity contribution is 5.37. The van der Waals surface area contributed by atoms with Crippen LogP contribution in [-0.2, 0) is 5.60 Å². The number of halogens is 1. The zero-order valence-corrected chi connectivity index (χ0v) is 12.3. The van der Waals surface area contributed by atoms with Gasteiger partial charge in [0, 0.05) is 5.92 Å². The van der Waals surface area contributed by atoms with Gasteiger partial charge in [-0.25, -0.2) is 4.39 Å². The van der Waals surface area contributed by atoms with E-state index in [-0.39, 0.29) is 11.7 Å². The Morgan fingerprint density at radius 1 is 1.10 bits per heavy atom. The van der Waals surface area contributed by atoms with E-state index >= 15 is 0 Å². The van der Waals surface area contributed by atoms with E-state index in [2.05, 4.69) is 12.1 Å². The van der Waals surface area contributed by atoms with Gasteiger partial charge in [-0.05, 0) is 48.6 Å². The number of aliphatic hydroxyl groups is 1. The molecule has 1 N–H and O–H groups in total. The SMILES string of the molecule is Cc1cc(F)ccc1C1(O)CCCCC1c1ccccc1. The van der Waals surface area contributed by atoms with E-state index in [9.17, 15) is 9.50 Å². The van der Waals surface area contributed by atoms with E-state index in [1.165, 1.54) is 17.7 Å². The van der Waals surface area contributed by atoms with Crippen molar-refractivity contribution in [3.05, 3.63) is 71.0 Å². The number of hydrogen-bond acceptors (Lipinski definition) is 1. The van der Waals surface area contributed by atoms with Gasteiger partial charge in [-0.3, -0.25) is 0 Å². The molecule has 0 heterocycles. The quantitative estimate of drug-likeness (QED) is 0.849. The summed E-state index contributed by atoms with van der Waals surface area (Å²) in [5.74, 6) is -0.163. The molecule has 0 saturated heterocycles. The third kappa shape index (κ3) is 2.60. The molecule has 0 amide bonds. The summed E-state index contributed by atoms with van der Waals surface area (Å²) in [7, 11) is 0. The van der Waals surface area contributed by atoms with Gasteiger partial charge < -0.3 is 5.11 Å². The van der Waals surface area contributed by atoms with Crippen LogP contribution in [0.25, 0.3) is 0 Å². The van der Waals surface area contributed by atoms with Crippen molar-refractivity contribution in [3.8, 4) is 0 Å². The summed E-state index contributed by atoms with van der Waals surface area (Å²) < 4.78 is 13.4. The molecule has 1 fully saturated rings. The Labute approximate surface area is 125 Å². The Bertz CT molecular complexity index is 623. The van der Waals surface area contributed by atoms with Gasteiger partial charge in [0.1, 0.15) is 5.82 Å². The second-order valence-corrected chi connectivity index (χ2v) is 6.09. The van der Waals surface area contributed by atoms with Gasteiger partial charge in [-0.2, -0.15) is 0 Å². The minimum absolute atomic E-state index is 0.0802. The largest absolute Gasteiger partial charge is 0.385 e. The number of aryl methyl sites for hydroxylation is 1. The molecule has 0 aromatic heterocycles. The van der Waals surface area contributed by atoms with E-state index in [0.29, 0.717) is 0 Å². The highest BCUT2D eigenvalue weighted by Gasteiger charge is 2.41. The number of hydrogen-bond donors (Lipinski definition) is 1. The monoisotopic (exact) mass is 284 g/mol. The maximum absolute atomic E-state index is 13.4. The number of benzene rings is 2. The van der Waals surface area contributed by atoms with Crippen LogP contribution in [0.4, 0.5) is 4.39 Å². The molecule has 0 aliphatic heterocycles. The lowest BCUT2D eigenvalue weighted by Crippen LogP contribution is -2.37. The zero-order chi connectivity index (χ0) is 14.9. The first-order valence-electron chi connectivity index (χ1n) is 7.65. The summed E-state index contributed by atoms with van der Waals surface area (Å²) in [5.41, 5.74) is 1.98. The van der Waals surface area contributed by atoms with Crippen LogP contribution >= 0.6 is 0 Å². The van der Waals surface area contributed by atoms with Gasteiger partial charge in [-0.15, -0.1) is 0 Å². The van der Waals surface area contributed by atoms with E-state index in [1.807, 2.05) is 25.1 Å². The predicted molar refractivity (Wildman–Crippen MR) is 82.7 cm³/mol. The van der Waals surface area contributed by atoms with Gasteiger partial charge >= 0.3 is 0 Å². The Hall–Kier alpha value is -1.67. The first-order valence-corrected chi connectivity index (χ1v) is 7.65. The molecule has 1 nitrogen and oxygen atoms in total. The fraction of sp³-hybridized carbons (Fsp3) is 0.368. The maximum atomic E-state index is 13.4. The standard InChI is InChI=1S/C19H21FO/c1-14-13-16(20)10-11-17(14)19(21)12-6-5-9-18(19)15-7-3-2-4-8-15/h2-4,7-8,10-11,13,18,21H,5-6,9,12H2,1H3. The minimum atomic E-state index is -0.891.